The lowest BCUT2D eigenvalue weighted by molar-refractivity contribution is -0.141. The smallest absolute Gasteiger partial charge is 0.306 e. The molecule has 0 radical (unpaired) electrons. The molecule has 0 amide bonds. The summed E-state index contributed by atoms with van der Waals surface area (Å²) in [7, 11) is 0. The lowest BCUT2D eigenvalue weighted by atomic mass is 9.75. The fourth-order valence-corrected chi connectivity index (χ4v) is 6.54. The highest BCUT2D eigenvalue weighted by atomic mass is 16.4. The molecule has 0 spiro atoms. The lowest BCUT2D eigenvalue weighted by Gasteiger charge is -2.26. The van der Waals surface area contributed by atoms with E-state index in [0.717, 1.165) is 44.5 Å². The number of hydrogen-bond donors (Lipinski definition) is 1. The van der Waals surface area contributed by atoms with Crippen molar-refractivity contribution in [3.8, 4) is 0 Å². The van der Waals surface area contributed by atoms with E-state index in [2.05, 4.69) is 24.3 Å². The van der Waals surface area contributed by atoms with E-state index in [9.17, 15) is 19.5 Å². The van der Waals surface area contributed by atoms with Crippen LogP contribution in [0.15, 0.2) is 24.3 Å². The number of ketones is 2. The molecular weight excluding hydrogens is 424 g/mol. The quantitative estimate of drug-likeness (QED) is 0.523. The molecule has 1 fully saturated rings. The minimum atomic E-state index is -0.918. The van der Waals surface area contributed by atoms with Gasteiger partial charge >= 0.3 is 5.97 Å². The van der Waals surface area contributed by atoms with E-state index >= 15 is 0 Å². The zero-order valence-electron chi connectivity index (χ0n) is 21.8. The second kappa shape index (κ2) is 9.85. The van der Waals surface area contributed by atoms with Gasteiger partial charge in [-0.1, -0.05) is 49.2 Å². The summed E-state index contributed by atoms with van der Waals surface area (Å²) in [6.45, 7) is 15.9. The third kappa shape index (κ3) is 4.87. The van der Waals surface area contributed by atoms with Gasteiger partial charge in [0.2, 0.25) is 0 Å². The molecule has 4 atom stereocenters. The van der Waals surface area contributed by atoms with Crippen molar-refractivity contribution >= 4 is 17.5 Å². The molecule has 1 aliphatic carbocycles. The Bertz CT molecular complexity index is 1010. The maximum absolute atomic E-state index is 13.8. The maximum atomic E-state index is 13.8. The van der Waals surface area contributed by atoms with Crippen molar-refractivity contribution in [2.24, 2.45) is 17.8 Å². The van der Waals surface area contributed by atoms with Crippen molar-refractivity contribution in [2.45, 2.75) is 80.1 Å². The van der Waals surface area contributed by atoms with Crippen LogP contribution in [-0.4, -0.2) is 22.6 Å². The summed E-state index contributed by atoms with van der Waals surface area (Å²) in [5.41, 5.74) is 8.55. The Hall–Kier alpha value is -2.75. The molecular formula is C30H38O4. The number of aryl methyl sites for hydroxylation is 6. The van der Waals surface area contributed by atoms with E-state index in [4.69, 9.17) is 0 Å². The molecule has 1 aliphatic rings. The third-order valence-electron chi connectivity index (χ3n) is 7.84. The summed E-state index contributed by atoms with van der Waals surface area (Å²) >= 11 is 0. The van der Waals surface area contributed by atoms with Crippen molar-refractivity contribution in [2.75, 3.05) is 0 Å². The highest BCUT2D eigenvalue weighted by Crippen LogP contribution is 2.44. The first-order valence-corrected chi connectivity index (χ1v) is 12.3. The fraction of sp³-hybridized carbons (Fsp3) is 0.500. The summed E-state index contributed by atoms with van der Waals surface area (Å²) < 4.78 is 0. The Kier molecular flexibility index (Phi) is 7.50. The Labute approximate surface area is 203 Å². The minimum absolute atomic E-state index is 0.0123. The molecule has 3 rings (SSSR count). The normalized spacial score (nSPS) is 21.8. The predicted molar refractivity (Wildman–Crippen MR) is 135 cm³/mol. The van der Waals surface area contributed by atoms with Crippen LogP contribution >= 0.6 is 0 Å². The molecule has 4 nitrogen and oxygen atoms in total. The zero-order chi connectivity index (χ0) is 25.5. The zero-order valence-corrected chi connectivity index (χ0v) is 21.8. The van der Waals surface area contributed by atoms with E-state index < -0.39 is 23.7 Å². The van der Waals surface area contributed by atoms with Crippen LogP contribution in [0.2, 0.25) is 0 Å². The molecule has 2 aromatic rings. The van der Waals surface area contributed by atoms with Crippen molar-refractivity contribution in [1.29, 1.82) is 0 Å². The average Bonchev–Trinajstić information content (AvgIpc) is 3.16. The standard InChI is InChI=1S/C30H38O4/c1-15-9-17(3)26(18(4)10-15)21(7)28(31)24-13-23(30(33)34)14-25(24)29(32)22(8)27-19(5)11-16(2)12-20(27)6/h9-12,21-25H,13-14H2,1-8H3,(H,33,34). The number of Topliss-reactive ketones (excluding diaryl/α,β-unsaturated/α-hetero) is 2. The summed E-state index contributed by atoms with van der Waals surface area (Å²) in [6.07, 6.45) is 0.467. The highest BCUT2D eigenvalue weighted by molar-refractivity contribution is 5.97. The van der Waals surface area contributed by atoms with Crippen LogP contribution in [-0.2, 0) is 14.4 Å². The number of carbonyl (C=O) groups excluding carboxylic acids is 2. The van der Waals surface area contributed by atoms with E-state index in [1.165, 1.54) is 0 Å². The summed E-state index contributed by atoms with van der Waals surface area (Å²) in [5.74, 6) is -3.52. The number of carboxylic acid groups (broad SMARTS) is 1. The summed E-state index contributed by atoms with van der Waals surface area (Å²) in [5, 5.41) is 9.74. The van der Waals surface area contributed by atoms with Gasteiger partial charge in [0.15, 0.2) is 0 Å². The fourth-order valence-electron chi connectivity index (χ4n) is 6.54. The van der Waals surface area contributed by atoms with Crippen molar-refractivity contribution < 1.29 is 19.5 Å². The SMILES string of the molecule is Cc1cc(C)c(C(C)C(=O)C2CC(C(=O)O)CC2C(=O)C(C)c2c(C)cc(C)cc2C)c(C)c1. The number of rotatable bonds is 7. The van der Waals surface area contributed by atoms with Gasteiger partial charge in [-0.3, -0.25) is 14.4 Å². The van der Waals surface area contributed by atoms with E-state index in [0.29, 0.717) is 0 Å². The molecule has 2 aromatic carbocycles. The van der Waals surface area contributed by atoms with Gasteiger partial charge in [-0.05, 0) is 87.8 Å². The van der Waals surface area contributed by atoms with Crippen molar-refractivity contribution in [1.82, 2.24) is 0 Å². The molecule has 4 heteroatoms. The van der Waals surface area contributed by atoms with Gasteiger partial charge in [-0.15, -0.1) is 0 Å². The van der Waals surface area contributed by atoms with Gasteiger partial charge in [0.05, 0.1) is 5.92 Å². The molecule has 0 aromatic heterocycles. The number of carboxylic acids is 1. The monoisotopic (exact) mass is 462 g/mol. The lowest BCUT2D eigenvalue weighted by Crippen LogP contribution is -2.31. The van der Waals surface area contributed by atoms with Gasteiger partial charge in [-0.2, -0.15) is 0 Å². The molecule has 0 saturated heterocycles. The highest BCUT2D eigenvalue weighted by Gasteiger charge is 2.47. The van der Waals surface area contributed by atoms with Crippen molar-refractivity contribution in [3.63, 3.8) is 0 Å². The predicted octanol–water partition coefficient (Wildman–Crippen LogP) is 6.31. The van der Waals surface area contributed by atoms with Crippen LogP contribution in [0.4, 0.5) is 0 Å². The molecule has 1 saturated carbocycles. The molecule has 1 N–H and O–H groups in total. The number of benzene rings is 2. The minimum Gasteiger partial charge on any atom is -0.481 e. The van der Waals surface area contributed by atoms with Gasteiger partial charge in [0, 0.05) is 23.7 Å². The second-order valence-electron chi connectivity index (χ2n) is 10.6. The molecule has 0 bridgehead atoms. The topological polar surface area (TPSA) is 71.4 Å². The van der Waals surface area contributed by atoms with Gasteiger partial charge < -0.3 is 5.11 Å². The first kappa shape index (κ1) is 25.9. The number of hydrogen-bond acceptors (Lipinski definition) is 3. The molecule has 4 unspecified atom stereocenters. The Morgan fingerprint density at radius 1 is 0.676 bits per heavy atom. The Morgan fingerprint density at radius 2 is 0.971 bits per heavy atom. The van der Waals surface area contributed by atoms with E-state index in [-0.39, 0.29) is 36.2 Å². The average molecular weight is 463 g/mol. The van der Waals surface area contributed by atoms with Crippen LogP contribution in [0.3, 0.4) is 0 Å². The second-order valence-corrected chi connectivity index (χ2v) is 10.6. The summed E-state index contributed by atoms with van der Waals surface area (Å²) in [6, 6.07) is 8.31. The van der Waals surface area contributed by atoms with Crippen LogP contribution in [0, 0.1) is 59.3 Å². The van der Waals surface area contributed by atoms with Crippen LogP contribution in [0.1, 0.15) is 83.0 Å². The third-order valence-corrected chi connectivity index (χ3v) is 7.84. The van der Waals surface area contributed by atoms with Crippen molar-refractivity contribution in [3.05, 3.63) is 68.8 Å². The Morgan fingerprint density at radius 3 is 1.24 bits per heavy atom. The first-order valence-electron chi connectivity index (χ1n) is 12.3. The largest absolute Gasteiger partial charge is 0.481 e. The van der Waals surface area contributed by atoms with Crippen LogP contribution in [0.25, 0.3) is 0 Å². The van der Waals surface area contributed by atoms with Crippen LogP contribution < -0.4 is 0 Å². The van der Waals surface area contributed by atoms with Crippen LogP contribution in [0.5, 0.6) is 0 Å². The number of carbonyl (C=O) groups is 3. The van der Waals surface area contributed by atoms with Gasteiger partial charge in [-0.25, -0.2) is 0 Å². The molecule has 0 aliphatic heterocycles. The van der Waals surface area contributed by atoms with E-state index in [1.54, 1.807) is 0 Å². The molecule has 182 valence electrons. The first-order chi connectivity index (χ1) is 15.8. The Balaban J connectivity index is 1.97. The summed E-state index contributed by atoms with van der Waals surface area (Å²) in [4.78, 5) is 39.5. The number of aliphatic carboxylic acids is 1. The maximum Gasteiger partial charge on any atom is 0.306 e. The van der Waals surface area contributed by atoms with E-state index in [1.807, 2.05) is 55.4 Å². The van der Waals surface area contributed by atoms with Gasteiger partial charge in [0.1, 0.15) is 11.6 Å². The molecule has 34 heavy (non-hydrogen) atoms. The van der Waals surface area contributed by atoms with Gasteiger partial charge in [0.25, 0.3) is 0 Å². The molecule has 0 heterocycles.